The Labute approximate surface area is 174 Å². The molecule has 0 radical (unpaired) electrons. The molecular weight excluding hydrogens is 380 g/mol. The maximum Gasteiger partial charge on any atom is 0.335 e. The zero-order valence-corrected chi connectivity index (χ0v) is 16.7. The lowest BCUT2D eigenvalue weighted by atomic mass is 9.88. The van der Waals surface area contributed by atoms with Gasteiger partial charge in [0, 0.05) is 17.1 Å². The quantitative estimate of drug-likeness (QED) is 0.602. The van der Waals surface area contributed by atoms with Crippen LogP contribution in [0.4, 0.5) is 0 Å². The molecule has 0 saturated carbocycles. The van der Waals surface area contributed by atoms with E-state index in [1.165, 1.54) is 7.11 Å². The van der Waals surface area contributed by atoms with Gasteiger partial charge in [0.05, 0.1) is 19.8 Å². The van der Waals surface area contributed by atoms with E-state index in [4.69, 9.17) is 18.9 Å². The van der Waals surface area contributed by atoms with E-state index in [9.17, 15) is 4.79 Å². The molecule has 1 aliphatic carbocycles. The molecule has 1 aliphatic heterocycles. The fraction of sp³-hybridized carbons (Fsp3) is 0.160. The van der Waals surface area contributed by atoms with Gasteiger partial charge in [-0.05, 0) is 34.9 Å². The van der Waals surface area contributed by atoms with E-state index in [0.29, 0.717) is 22.8 Å². The molecule has 3 aromatic rings. The molecule has 2 aliphatic rings. The van der Waals surface area contributed by atoms with Crippen LogP contribution in [0.2, 0.25) is 0 Å². The maximum absolute atomic E-state index is 13.1. The minimum Gasteiger partial charge on any atom is -0.496 e. The molecule has 0 unspecified atom stereocenters. The molecular formula is C25H20O5. The summed E-state index contributed by atoms with van der Waals surface area (Å²) in [6, 6.07) is 21.6. The van der Waals surface area contributed by atoms with E-state index in [1.807, 2.05) is 60.7 Å². The van der Waals surface area contributed by atoms with Gasteiger partial charge in [-0.15, -0.1) is 0 Å². The molecule has 3 aromatic carbocycles. The molecule has 5 nitrogen and oxygen atoms in total. The Morgan fingerprint density at radius 1 is 0.900 bits per heavy atom. The summed E-state index contributed by atoms with van der Waals surface area (Å²) in [5, 5.41) is 0. The summed E-state index contributed by atoms with van der Waals surface area (Å²) in [4.78, 5) is 13.1. The van der Waals surface area contributed by atoms with E-state index in [0.717, 1.165) is 27.8 Å². The number of esters is 1. The Balaban J connectivity index is 1.79. The molecule has 5 heteroatoms. The first-order chi connectivity index (χ1) is 14.7. The highest BCUT2D eigenvalue weighted by molar-refractivity contribution is 6.08. The molecule has 0 aromatic heterocycles. The normalized spacial score (nSPS) is 16.4. The molecule has 1 heterocycles. The first-order valence-corrected chi connectivity index (χ1v) is 9.67. The van der Waals surface area contributed by atoms with E-state index < -0.39 is 0 Å². The van der Waals surface area contributed by atoms with E-state index >= 15 is 0 Å². The summed E-state index contributed by atoms with van der Waals surface area (Å²) in [5.41, 5.74) is 5.25. The highest BCUT2D eigenvalue weighted by Crippen LogP contribution is 2.51. The molecule has 0 amide bonds. The van der Waals surface area contributed by atoms with Gasteiger partial charge in [0.15, 0.2) is 11.5 Å². The minimum atomic E-state index is -0.366. The van der Waals surface area contributed by atoms with Gasteiger partial charge >= 0.3 is 5.97 Å². The van der Waals surface area contributed by atoms with Gasteiger partial charge in [-0.1, -0.05) is 48.5 Å². The molecule has 0 bridgehead atoms. The Morgan fingerprint density at radius 2 is 1.63 bits per heavy atom. The van der Waals surface area contributed by atoms with Crippen molar-refractivity contribution in [3.8, 4) is 17.2 Å². The van der Waals surface area contributed by atoms with E-state index in [-0.39, 0.29) is 18.7 Å². The SMILES string of the molecule is COC(=O)C1=C(c2ccccc2OC)c2ccccc2[C@@H]1c1ccc2c(c1)OCO2. The largest absolute Gasteiger partial charge is 0.496 e. The molecule has 5 rings (SSSR count). The Bertz CT molecular complexity index is 1180. The van der Waals surface area contributed by atoms with Crippen LogP contribution in [-0.4, -0.2) is 27.0 Å². The second kappa shape index (κ2) is 7.26. The zero-order chi connectivity index (χ0) is 20.7. The number of rotatable bonds is 4. The number of fused-ring (bicyclic) bond motifs is 2. The Hall–Kier alpha value is -3.73. The Kier molecular flexibility index (Phi) is 4.43. The van der Waals surface area contributed by atoms with Crippen LogP contribution >= 0.6 is 0 Å². The minimum absolute atomic E-state index is 0.201. The number of carbonyl (C=O) groups excluding carboxylic acids is 1. The summed E-state index contributed by atoms with van der Waals surface area (Å²) >= 11 is 0. The van der Waals surface area contributed by atoms with Gasteiger partial charge in [-0.25, -0.2) is 4.79 Å². The predicted molar refractivity (Wildman–Crippen MR) is 112 cm³/mol. The molecule has 30 heavy (non-hydrogen) atoms. The smallest absolute Gasteiger partial charge is 0.335 e. The highest BCUT2D eigenvalue weighted by Gasteiger charge is 2.38. The lowest BCUT2D eigenvalue weighted by Crippen LogP contribution is -2.13. The average Bonchev–Trinajstić information content (AvgIpc) is 3.40. The third-order valence-corrected chi connectivity index (χ3v) is 5.61. The summed E-state index contributed by atoms with van der Waals surface area (Å²) in [6.45, 7) is 0.201. The molecule has 0 spiro atoms. The number of hydrogen-bond acceptors (Lipinski definition) is 5. The van der Waals surface area contributed by atoms with E-state index in [1.54, 1.807) is 7.11 Å². The van der Waals surface area contributed by atoms with Crippen LogP contribution in [0.15, 0.2) is 72.3 Å². The number of hydrogen-bond donors (Lipinski definition) is 0. The van der Waals surface area contributed by atoms with Crippen LogP contribution in [0, 0.1) is 0 Å². The molecule has 150 valence electrons. The number of ether oxygens (including phenoxy) is 4. The summed E-state index contributed by atoms with van der Waals surface area (Å²) in [5.74, 6) is 1.44. The standard InChI is InChI=1S/C25H20O5/c1-27-19-10-6-5-9-18(19)23-17-8-4-3-7-16(17)22(24(23)25(26)28-2)15-11-12-20-21(13-15)30-14-29-20/h3-13,22H,14H2,1-2H3/t22-/m0/s1. The number of carbonyl (C=O) groups is 1. The van der Waals surface area contributed by atoms with Crippen LogP contribution in [0.5, 0.6) is 17.2 Å². The van der Waals surface area contributed by atoms with Gasteiger partial charge in [0.2, 0.25) is 6.79 Å². The van der Waals surface area contributed by atoms with Crippen molar-refractivity contribution in [2.75, 3.05) is 21.0 Å². The summed E-state index contributed by atoms with van der Waals surface area (Å²) in [6.07, 6.45) is 0. The number of para-hydroxylation sites is 1. The summed E-state index contributed by atoms with van der Waals surface area (Å²) < 4.78 is 21.9. The van der Waals surface area contributed by atoms with Crippen LogP contribution < -0.4 is 14.2 Å². The number of benzene rings is 3. The fourth-order valence-electron chi connectivity index (χ4n) is 4.33. The van der Waals surface area contributed by atoms with Gasteiger partial charge in [-0.3, -0.25) is 0 Å². The van der Waals surface area contributed by atoms with Gasteiger partial charge in [-0.2, -0.15) is 0 Å². The van der Waals surface area contributed by atoms with Crippen LogP contribution in [0.1, 0.15) is 28.2 Å². The predicted octanol–water partition coefficient (Wildman–Crippen LogP) is 4.54. The first kappa shape index (κ1) is 18.3. The third-order valence-electron chi connectivity index (χ3n) is 5.61. The average molecular weight is 400 g/mol. The lowest BCUT2D eigenvalue weighted by molar-refractivity contribution is -0.136. The fourth-order valence-corrected chi connectivity index (χ4v) is 4.33. The summed E-state index contributed by atoms with van der Waals surface area (Å²) in [7, 11) is 3.04. The first-order valence-electron chi connectivity index (χ1n) is 9.67. The molecule has 1 atom stereocenters. The van der Waals surface area contributed by atoms with Crippen molar-refractivity contribution >= 4 is 11.5 Å². The lowest BCUT2D eigenvalue weighted by Gasteiger charge is -2.17. The highest BCUT2D eigenvalue weighted by atomic mass is 16.7. The second-order valence-corrected chi connectivity index (χ2v) is 7.11. The topological polar surface area (TPSA) is 54.0 Å². The van der Waals surface area contributed by atoms with Gasteiger partial charge in [0.25, 0.3) is 0 Å². The van der Waals surface area contributed by atoms with Crippen molar-refractivity contribution in [3.63, 3.8) is 0 Å². The van der Waals surface area contributed by atoms with Gasteiger partial charge in [0.1, 0.15) is 5.75 Å². The van der Waals surface area contributed by atoms with Crippen molar-refractivity contribution in [1.29, 1.82) is 0 Å². The van der Waals surface area contributed by atoms with Gasteiger partial charge < -0.3 is 18.9 Å². The zero-order valence-electron chi connectivity index (χ0n) is 16.7. The number of methoxy groups -OCH3 is 2. The third kappa shape index (κ3) is 2.74. The Morgan fingerprint density at radius 3 is 2.43 bits per heavy atom. The van der Waals surface area contributed by atoms with Crippen LogP contribution in [0.25, 0.3) is 5.57 Å². The van der Waals surface area contributed by atoms with Crippen molar-refractivity contribution in [1.82, 2.24) is 0 Å². The molecule has 0 saturated heterocycles. The van der Waals surface area contributed by atoms with E-state index in [2.05, 4.69) is 6.07 Å². The molecule has 0 fully saturated rings. The van der Waals surface area contributed by atoms with Crippen molar-refractivity contribution < 1.29 is 23.7 Å². The maximum atomic E-state index is 13.1. The van der Waals surface area contributed by atoms with Crippen molar-refractivity contribution in [3.05, 3.63) is 94.6 Å². The second-order valence-electron chi connectivity index (χ2n) is 7.11. The van der Waals surface area contributed by atoms with Crippen LogP contribution in [0.3, 0.4) is 0 Å². The van der Waals surface area contributed by atoms with Crippen molar-refractivity contribution in [2.45, 2.75) is 5.92 Å². The monoisotopic (exact) mass is 400 g/mol. The van der Waals surface area contributed by atoms with Crippen molar-refractivity contribution in [2.24, 2.45) is 0 Å². The van der Waals surface area contributed by atoms with Crippen LogP contribution in [-0.2, 0) is 9.53 Å². The molecule has 0 N–H and O–H groups in total.